The van der Waals surface area contributed by atoms with Crippen LogP contribution in [0.3, 0.4) is 0 Å². The van der Waals surface area contributed by atoms with E-state index in [0.717, 1.165) is 5.56 Å². The number of aryl methyl sites for hydroxylation is 1. The number of likely N-dealkylation sites (N-methyl/N-ethyl adjacent to an activating group) is 1. The molecule has 0 heterocycles. The number of nitrogens with two attached hydrogens (primary N) is 1. The van der Waals surface area contributed by atoms with Gasteiger partial charge in [-0.25, -0.2) is 0 Å². The Bertz CT molecular complexity index is 393. The van der Waals surface area contributed by atoms with Crippen molar-refractivity contribution in [1.82, 2.24) is 4.90 Å². The Morgan fingerprint density at radius 1 is 1.56 bits per heavy atom. The second-order valence-corrected chi connectivity index (χ2v) is 4.37. The van der Waals surface area contributed by atoms with E-state index >= 15 is 0 Å². The molecular formula is C12H17ClN2O. The van der Waals surface area contributed by atoms with Gasteiger partial charge in [-0.3, -0.25) is 4.79 Å². The van der Waals surface area contributed by atoms with Crippen LogP contribution < -0.4 is 5.73 Å². The van der Waals surface area contributed by atoms with Crippen molar-refractivity contribution in [2.24, 2.45) is 5.73 Å². The maximum absolute atomic E-state index is 12.0. The van der Waals surface area contributed by atoms with Crippen LogP contribution in [0.25, 0.3) is 0 Å². The summed E-state index contributed by atoms with van der Waals surface area (Å²) in [6, 6.07) is 5.34. The second-order valence-electron chi connectivity index (χ2n) is 3.96. The minimum Gasteiger partial charge on any atom is -0.338 e. The highest BCUT2D eigenvalue weighted by atomic mass is 35.5. The summed E-state index contributed by atoms with van der Waals surface area (Å²) in [5, 5.41) is 0.611. The van der Waals surface area contributed by atoms with E-state index in [1.807, 2.05) is 19.9 Å². The Kier molecular flexibility index (Phi) is 4.33. The lowest BCUT2D eigenvalue weighted by molar-refractivity contribution is 0.0748. The number of hydrogen-bond donors (Lipinski definition) is 1. The molecule has 1 aromatic carbocycles. The summed E-state index contributed by atoms with van der Waals surface area (Å²) in [5.41, 5.74) is 7.08. The first-order valence-corrected chi connectivity index (χ1v) is 5.58. The van der Waals surface area contributed by atoms with Crippen LogP contribution >= 0.6 is 11.6 Å². The summed E-state index contributed by atoms with van der Waals surface area (Å²) in [5.74, 6) is -0.0557. The number of benzene rings is 1. The highest BCUT2D eigenvalue weighted by Crippen LogP contribution is 2.18. The largest absolute Gasteiger partial charge is 0.338 e. The zero-order valence-corrected chi connectivity index (χ0v) is 10.6. The van der Waals surface area contributed by atoms with E-state index in [0.29, 0.717) is 17.1 Å². The van der Waals surface area contributed by atoms with Crippen LogP contribution in [-0.4, -0.2) is 30.4 Å². The van der Waals surface area contributed by atoms with Gasteiger partial charge in [-0.15, -0.1) is 0 Å². The van der Waals surface area contributed by atoms with Crippen LogP contribution in [0.4, 0.5) is 0 Å². The Hall–Kier alpha value is -1.06. The van der Waals surface area contributed by atoms with Gasteiger partial charge in [0.15, 0.2) is 0 Å². The molecule has 0 spiro atoms. The maximum atomic E-state index is 12.0. The lowest BCUT2D eigenvalue weighted by Crippen LogP contribution is -2.39. The molecule has 1 aromatic rings. The first-order chi connectivity index (χ1) is 7.47. The summed E-state index contributed by atoms with van der Waals surface area (Å²) < 4.78 is 0. The molecule has 0 bridgehead atoms. The number of nitrogens with zero attached hydrogens (tertiary/aromatic N) is 1. The van der Waals surface area contributed by atoms with Gasteiger partial charge in [0.2, 0.25) is 0 Å². The summed E-state index contributed by atoms with van der Waals surface area (Å²) >= 11 is 5.98. The summed E-state index contributed by atoms with van der Waals surface area (Å²) in [6.07, 6.45) is 0. The molecular weight excluding hydrogens is 224 g/mol. The van der Waals surface area contributed by atoms with Crippen LogP contribution in [-0.2, 0) is 0 Å². The summed E-state index contributed by atoms with van der Waals surface area (Å²) in [7, 11) is 1.74. The molecule has 1 amide bonds. The molecule has 1 atom stereocenters. The van der Waals surface area contributed by atoms with Crippen LogP contribution in [0.15, 0.2) is 18.2 Å². The monoisotopic (exact) mass is 240 g/mol. The van der Waals surface area contributed by atoms with Gasteiger partial charge in [-0.1, -0.05) is 17.7 Å². The molecule has 0 fully saturated rings. The molecule has 4 heteroatoms. The predicted octanol–water partition coefficient (Wildman–Crippen LogP) is 2.07. The molecule has 0 unspecified atom stereocenters. The highest BCUT2D eigenvalue weighted by molar-refractivity contribution is 6.31. The molecule has 3 nitrogen and oxygen atoms in total. The van der Waals surface area contributed by atoms with Crippen molar-refractivity contribution in [2.45, 2.75) is 19.9 Å². The van der Waals surface area contributed by atoms with E-state index in [4.69, 9.17) is 17.3 Å². The van der Waals surface area contributed by atoms with Gasteiger partial charge in [0.05, 0.1) is 0 Å². The molecule has 0 saturated heterocycles. The highest BCUT2D eigenvalue weighted by Gasteiger charge is 2.16. The number of amides is 1. The van der Waals surface area contributed by atoms with Gasteiger partial charge in [-0.2, -0.15) is 0 Å². The van der Waals surface area contributed by atoms with E-state index < -0.39 is 0 Å². The third-order valence-corrected chi connectivity index (χ3v) is 3.15. The quantitative estimate of drug-likeness (QED) is 0.879. The maximum Gasteiger partial charge on any atom is 0.253 e. The van der Waals surface area contributed by atoms with Crippen molar-refractivity contribution in [3.05, 3.63) is 34.3 Å². The van der Waals surface area contributed by atoms with Crippen LogP contribution in [0.5, 0.6) is 0 Å². The summed E-state index contributed by atoms with van der Waals surface area (Å²) in [4.78, 5) is 13.6. The first-order valence-electron chi connectivity index (χ1n) is 5.20. The summed E-state index contributed by atoms with van der Waals surface area (Å²) in [6.45, 7) is 4.26. The zero-order chi connectivity index (χ0) is 12.3. The third-order valence-electron chi connectivity index (χ3n) is 2.74. The van der Waals surface area contributed by atoms with E-state index in [-0.39, 0.29) is 11.9 Å². The zero-order valence-electron chi connectivity index (χ0n) is 9.83. The normalized spacial score (nSPS) is 12.3. The van der Waals surface area contributed by atoms with E-state index in [9.17, 15) is 4.79 Å². The number of hydrogen-bond acceptors (Lipinski definition) is 2. The fourth-order valence-electron chi connectivity index (χ4n) is 1.29. The average molecular weight is 241 g/mol. The van der Waals surface area contributed by atoms with Crippen molar-refractivity contribution >= 4 is 17.5 Å². The van der Waals surface area contributed by atoms with E-state index in [1.54, 1.807) is 24.1 Å². The van der Waals surface area contributed by atoms with Crippen LogP contribution in [0.1, 0.15) is 22.8 Å². The first kappa shape index (κ1) is 13.0. The minimum atomic E-state index is -0.0557. The smallest absolute Gasteiger partial charge is 0.253 e. The Morgan fingerprint density at radius 2 is 2.19 bits per heavy atom. The standard InChI is InChI=1S/C12H17ClN2O/c1-8-4-5-10(6-11(8)13)12(16)15(3)9(2)7-14/h4-6,9H,7,14H2,1-3H3/t9-/m1/s1. The molecule has 2 N–H and O–H groups in total. The van der Waals surface area contributed by atoms with Crippen molar-refractivity contribution < 1.29 is 4.79 Å². The van der Waals surface area contributed by atoms with Gasteiger partial charge < -0.3 is 10.6 Å². The number of rotatable bonds is 3. The lowest BCUT2D eigenvalue weighted by Gasteiger charge is -2.23. The average Bonchev–Trinajstić information content (AvgIpc) is 2.29. The van der Waals surface area contributed by atoms with Gasteiger partial charge in [-0.05, 0) is 31.5 Å². The lowest BCUT2D eigenvalue weighted by atomic mass is 10.1. The van der Waals surface area contributed by atoms with Crippen LogP contribution in [0.2, 0.25) is 5.02 Å². The molecule has 0 aliphatic heterocycles. The molecule has 1 rings (SSSR count). The Balaban J connectivity index is 2.92. The molecule has 0 radical (unpaired) electrons. The van der Waals surface area contributed by atoms with Crippen LogP contribution in [0, 0.1) is 6.92 Å². The third kappa shape index (κ3) is 2.74. The Morgan fingerprint density at radius 3 is 2.69 bits per heavy atom. The van der Waals surface area contributed by atoms with Gasteiger partial charge in [0.1, 0.15) is 0 Å². The van der Waals surface area contributed by atoms with Crippen molar-refractivity contribution in [2.75, 3.05) is 13.6 Å². The SMILES string of the molecule is Cc1ccc(C(=O)N(C)[C@H](C)CN)cc1Cl. The van der Waals surface area contributed by atoms with Crippen molar-refractivity contribution in [3.63, 3.8) is 0 Å². The number of carbonyl (C=O) groups excluding carboxylic acids is 1. The molecule has 88 valence electrons. The number of halogens is 1. The predicted molar refractivity (Wildman–Crippen MR) is 66.8 cm³/mol. The Labute approximate surface area is 101 Å². The van der Waals surface area contributed by atoms with E-state index in [1.165, 1.54) is 0 Å². The molecule has 0 aliphatic carbocycles. The van der Waals surface area contributed by atoms with Crippen molar-refractivity contribution in [1.29, 1.82) is 0 Å². The molecule has 0 saturated carbocycles. The fraction of sp³-hybridized carbons (Fsp3) is 0.417. The van der Waals surface area contributed by atoms with Gasteiger partial charge in [0, 0.05) is 30.2 Å². The van der Waals surface area contributed by atoms with Crippen molar-refractivity contribution in [3.8, 4) is 0 Å². The topological polar surface area (TPSA) is 46.3 Å². The molecule has 0 aromatic heterocycles. The van der Waals surface area contributed by atoms with E-state index in [2.05, 4.69) is 0 Å². The molecule has 0 aliphatic rings. The van der Waals surface area contributed by atoms with Gasteiger partial charge in [0.25, 0.3) is 5.91 Å². The number of carbonyl (C=O) groups is 1. The fourth-order valence-corrected chi connectivity index (χ4v) is 1.47. The van der Waals surface area contributed by atoms with Gasteiger partial charge >= 0.3 is 0 Å². The minimum absolute atomic E-state index is 0.0209. The second kappa shape index (κ2) is 5.32. The molecule has 16 heavy (non-hydrogen) atoms.